The van der Waals surface area contributed by atoms with Crippen molar-refractivity contribution >= 4 is 11.4 Å². The van der Waals surface area contributed by atoms with Crippen LogP contribution in [0.3, 0.4) is 0 Å². The number of hydrogen-bond acceptors (Lipinski definition) is 2. The van der Waals surface area contributed by atoms with Crippen molar-refractivity contribution in [3.8, 4) is 5.75 Å². The van der Waals surface area contributed by atoms with E-state index in [2.05, 4.69) is 6.92 Å². The molecule has 0 saturated carbocycles. The summed E-state index contributed by atoms with van der Waals surface area (Å²) in [4.78, 5) is 12.0. The maximum absolute atomic E-state index is 12.0. The first-order chi connectivity index (χ1) is 9.24. The standard InChI is InChI=1S/C17H22O2/c1-3-5-14-6-7-15(12-17(14)18)13-8-10-16(11-9-13)19-4-2/h8-12,14H,3-7H2,1-2H3/t14-/m0/s1. The number of carbonyl (C=O) groups is 1. The molecular weight excluding hydrogens is 236 g/mol. The topological polar surface area (TPSA) is 26.3 Å². The molecule has 1 aromatic carbocycles. The molecule has 0 spiro atoms. The Hall–Kier alpha value is -1.57. The second-order valence-electron chi connectivity index (χ2n) is 5.05. The van der Waals surface area contributed by atoms with Crippen LogP contribution in [0.15, 0.2) is 30.3 Å². The Kier molecular flexibility index (Phi) is 4.78. The predicted octanol–water partition coefficient (Wildman–Crippen LogP) is 4.25. The summed E-state index contributed by atoms with van der Waals surface area (Å²) in [6, 6.07) is 8.04. The molecule has 2 nitrogen and oxygen atoms in total. The van der Waals surface area contributed by atoms with Gasteiger partial charge in [-0.15, -0.1) is 0 Å². The van der Waals surface area contributed by atoms with Crippen LogP contribution in [-0.2, 0) is 4.79 Å². The molecule has 102 valence electrons. The second kappa shape index (κ2) is 6.55. The Labute approximate surface area is 115 Å². The molecule has 0 aromatic heterocycles. The van der Waals surface area contributed by atoms with E-state index in [0.29, 0.717) is 12.4 Å². The van der Waals surface area contributed by atoms with Gasteiger partial charge in [-0.05, 0) is 55.5 Å². The summed E-state index contributed by atoms with van der Waals surface area (Å²) in [5.41, 5.74) is 2.31. The molecule has 0 N–H and O–H groups in total. The molecule has 0 heterocycles. The summed E-state index contributed by atoms with van der Waals surface area (Å²) in [5, 5.41) is 0. The number of rotatable bonds is 5. The lowest BCUT2D eigenvalue weighted by molar-refractivity contribution is -0.118. The first-order valence-corrected chi connectivity index (χ1v) is 7.22. The van der Waals surface area contributed by atoms with E-state index in [1.54, 1.807) is 0 Å². The van der Waals surface area contributed by atoms with E-state index >= 15 is 0 Å². The fourth-order valence-electron chi connectivity index (χ4n) is 2.63. The fourth-order valence-corrected chi connectivity index (χ4v) is 2.63. The molecule has 1 aromatic rings. The van der Waals surface area contributed by atoms with Crippen molar-refractivity contribution in [2.75, 3.05) is 6.61 Å². The summed E-state index contributed by atoms with van der Waals surface area (Å²) < 4.78 is 5.43. The van der Waals surface area contributed by atoms with Crippen LogP contribution in [0.25, 0.3) is 5.57 Å². The monoisotopic (exact) mass is 258 g/mol. The molecule has 0 unspecified atom stereocenters. The Morgan fingerprint density at radius 2 is 1.95 bits per heavy atom. The number of benzene rings is 1. The van der Waals surface area contributed by atoms with Crippen molar-refractivity contribution in [2.45, 2.75) is 39.5 Å². The van der Waals surface area contributed by atoms with Crippen LogP contribution in [0.5, 0.6) is 5.75 Å². The minimum absolute atomic E-state index is 0.247. The van der Waals surface area contributed by atoms with E-state index in [1.807, 2.05) is 37.3 Å². The highest BCUT2D eigenvalue weighted by Gasteiger charge is 2.21. The van der Waals surface area contributed by atoms with Crippen LogP contribution in [0.2, 0.25) is 0 Å². The highest BCUT2D eigenvalue weighted by Crippen LogP contribution is 2.31. The molecular formula is C17H22O2. The van der Waals surface area contributed by atoms with Gasteiger partial charge < -0.3 is 4.74 Å². The van der Waals surface area contributed by atoms with Gasteiger partial charge in [-0.25, -0.2) is 0 Å². The maximum atomic E-state index is 12.0. The normalized spacial score (nSPS) is 19.2. The highest BCUT2D eigenvalue weighted by atomic mass is 16.5. The number of ketones is 1. The molecule has 2 heteroatoms. The summed E-state index contributed by atoms with van der Waals surface area (Å²) >= 11 is 0. The third-order valence-corrected chi connectivity index (χ3v) is 3.65. The number of ether oxygens (including phenoxy) is 1. The van der Waals surface area contributed by atoms with Gasteiger partial charge >= 0.3 is 0 Å². The second-order valence-corrected chi connectivity index (χ2v) is 5.05. The zero-order valence-electron chi connectivity index (χ0n) is 11.8. The minimum Gasteiger partial charge on any atom is -0.494 e. The molecule has 0 bridgehead atoms. The van der Waals surface area contributed by atoms with Crippen molar-refractivity contribution in [1.29, 1.82) is 0 Å². The first-order valence-electron chi connectivity index (χ1n) is 7.22. The average molecular weight is 258 g/mol. The molecule has 0 amide bonds. The number of allylic oxidation sites excluding steroid dienone is 2. The highest BCUT2D eigenvalue weighted by molar-refractivity contribution is 5.99. The van der Waals surface area contributed by atoms with Gasteiger partial charge in [0.05, 0.1) is 6.61 Å². The van der Waals surface area contributed by atoms with Gasteiger partial charge in [0, 0.05) is 5.92 Å². The van der Waals surface area contributed by atoms with Gasteiger partial charge in [0.1, 0.15) is 5.75 Å². The fraction of sp³-hybridized carbons (Fsp3) is 0.471. The zero-order valence-corrected chi connectivity index (χ0v) is 11.8. The van der Waals surface area contributed by atoms with E-state index < -0.39 is 0 Å². The minimum atomic E-state index is 0.247. The molecule has 1 aliphatic rings. The van der Waals surface area contributed by atoms with Gasteiger partial charge in [-0.3, -0.25) is 4.79 Å². The summed E-state index contributed by atoms with van der Waals surface area (Å²) in [6.45, 7) is 4.79. The Morgan fingerprint density at radius 3 is 2.53 bits per heavy atom. The van der Waals surface area contributed by atoms with Gasteiger partial charge in [-0.1, -0.05) is 25.5 Å². The van der Waals surface area contributed by atoms with Gasteiger partial charge in [0.25, 0.3) is 0 Å². The van der Waals surface area contributed by atoms with E-state index in [-0.39, 0.29) is 5.92 Å². The largest absolute Gasteiger partial charge is 0.494 e. The SMILES string of the molecule is CCC[C@H]1CCC(c2ccc(OCC)cc2)=CC1=O. The van der Waals surface area contributed by atoms with Crippen molar-refractivity contribution in [3.63, 3.8) is 0 Å². The predicted molar refractivity (Wildman–Crippen MR) is 78.2 cm³/mol. The lowest BCUT2D eigenvalue weighted by atomic mass is 9.83. The zero-order chi connectivity index (χ0) is 13.7. The Balaban J connectivity index is 2.10. The number of carbonyl (C=O) groups excluding carboxylic acids is 1. The summed E-state index contributed by atoms with van der Waals surface area (Å²) in [6.07, 6.45) is 5.95. The average Bonchev–Trinajstić information content (AvgIpc) is 2.43. The van der Waals surface area contributed by atoms with Crippen molar-refractivity contribution in [1.82, 2.24) is 0 Å². The smallest absolute Gasteiger partial charge is 0.159 e. The molecule has 1 atom stereocenters. The third kappa shape index (κ3) is 3.46. The molecule has 0 aliphatic heterocycles. The Morgan fingerprint density at radius 1 is 1.21 bits per heavy atom. The van der Waals surface area contributed by atoms with Crippen LogP contribution in [0, 0.1) is 5.92 Å². The molecule has 0 fully saturated rings. The molecule has 1 aliphatic carbocycles. The van der Waals surface area contributed by atoms with Gasteiger partial charge in [0.15, 0.2) is 5.78 Å². The summed E-state index contributed by atoms with van der Waals surface area (Å²) in [5.74, 6) is 1.44. The van der Waals surface area contributed by atoms with Crippen molar-refractivity contribution in [2.24, 2.45) is 5.92 Å². The van der Waals surface area contributed by atoms with Crippen LogP contribution in [0.1, 0.15) is 45.1 Å². The Bertz CT molecular complexity index is 457. The van der Waals surface area contributed by atoms with E-state index in [1.165, 1.54) is 5.57 Å². The van der Waals surface area contributed by atoms with Crippen molar-refractivity contribution < 1.29 is 9.53 Å². The lowest BCUT2D eigenvalue weighted by Gasteiger charge is -2.20. The quantitative estimate of drug-likeness (QED) is 0.789. The molecule has 0 radical (unpaired) electrons. The van der Waals surface area contributed by atoms with Crippen LogP contribution >= 0.6 is 0 Å². The number of hydrogen-bond donors (Lipinski definition) is 0. The van der Waals surface area contributed by atoms with E-state index in [0.717, 1.165) is 37.0 Å². The van der Waals surface area contributed by atoms with E-state index in [4.69, 9.17) is 4.74 Å². The molecule has 0 saturated heterocycles. The van der Waals surface area contributed by atoms with Crippen LogP contribution in [-0.4, -0.2) is 12.4 Å². The van der Waals surface area contributed by atoms with Gasteiger partial charge in [0.2, 0.25) is 0 Å². The van der Waals surface area contributed by atoms with Crippen LogP contribution in [0.4, 0.5) is 0 Å². The van der Waals surface area contributed by atoms with Gasteiger partial charge in [-0.2, -0.15) is 0 Å². The molecule has 2 rings (SSSR count). The molecule has 19 heavy (non-hydrogen) atoms. The third-order valence-electron chi connectivity index (χ3n) is 3.65. The van der Waals surface area contributed by atoms with Crippen LogP contribution < -0.4 is 4.74 Å². The summed E-state index contributed by atoms with van der Waals surface area (Å²) in [7, 11) is 0. The van der Waals surface area contributed by atoms with Crippen molar-refractivity contribution in [3.05, 3.63) is 35.9 Å². The van der Waals surface area contributed by atoms with E-state index in [9.17, 15) is 4.79 Å². The lowest BCUT2D eigenvalue weighted by Crippen LogP contribution is -2.16. The maximum Gasteiger partial charge on any atom is 0.159 e. The first kappa shape index (κ1) is 13.9.